The number of ether oxygens (including phenoxy) is 1. The zero-order valence-corrected chi connectivity index (χ0v) is 7.67. The van der Waals surface area contributed by atoms with Crippen LogP contribution in [0, 0.1) is 12.3 Å². The Labute approximate surface area is 80.6 Å². The van der Waals surface area contributed by atoms with Crippen molar-refractivity contribution in [3.8, 4) is 12.3 Å². The maximum Gasteiger partial charge on any atom is 0.375 e. The minimum atomic E-state index is -0.614. The molecule has 0 saturated heterocycles. The molecule has 1 rings (SSSR count). The third-order valence-electron chi connectivity index (χ3n) is 1.29. The van der Waals surface area contributed by atoms with Crippen LogP contribution in [-0.2, 0) is 4.74 Å². The molecule has 0 bridgehead atoms. The van der Waals surface area contributed by atoms with Crippen LogP contribution in [-0.4, -0.2) is 12.1 Å². The molecule has 0 aromatic carbocycles. The van der Waals surface area contributed by atoms with Crippen LogP contribution in [0.25, 0.3) is 0 Å². The van der Waals surface area contributed by atoms with Gasteiger partial charge in [-0.3, -0.25) is 0 Å². The van der Waals surface area contributed by atoms with Crippen LogP contribution in [0.5, 0.6) is 0 Å². The second kappa shape index (κ2) is 4.01. The standard InChI is InChI=1S/C9H7ClO3/c1-3-6(2)12-9(11)7-4-5-8(10)13-7/h1,4-6H,2H3. The van der Waals surface area contributed by atoms with Gasteiger partial charge >= 0.3 is 5.97 Å². The minimum Gasteiger partial charge on any atom is -0.444 e. The summed E-state index contributed by atoms with van der Waals surface area (Å²) >= 11 is 5.46. The lowest BCUT2D eigenvalue weighted by atomic mass is 10.4. The highest BCUT2D eigenvalue weighted by Crippen LogP contribution is 2.14. The van der Waals surface area contributed by atoms with Gasteiger partial charge in [-0.1, -0.05) is 5.92 Å². The van der Waals surface area contributed by atoms with Crippen molar-refractivity contribution in [1.82, 2.24) is 0 Å². The Morgan fingerprint density at radius 3 is 2.92 bits per heavy atom. The lowest BCUT2D eigenvalue weighted by Gasteiger charge is -2.03. The Morgan fingerprint density at radius 2 is 2.46 bits per heavy atom. The summed E-state index contributed by atoms with van der Waals surface area (Å²) in [6, 6.07) is 2.88. The Hall–Kier alpha value is -1.40. The zero-order valence-electron chi connectivity index (χ0n) is 6.91. The van der Waals surface area contributed by atoms with Gasteiger partial charge in [-0.2, -0.15) is 0 Å². The quantitative estimate of drug-likeness (QED) is 0.540. The molecule has 0 fully saturated rings. The fourth-order valence-corrected chi connectivity index (χ4v) is 0.823. The van der Waals surface area contributed by atoms with Crippen LogP contribution in [0.2, 0.25) is 5.22 Å². The smallest absolute Gasteiger partial charge is 0.375 e. The van der Waals surface area contributed by atoms with E-state index in [1.165, 1.54) is 12.1 Å². The van der Waals surface area contributed by atoms with Gasteiger partial charge in [0.15, 0.2) is 11.3 Å². The Balaban J connectivity index is 2.65. The van der Waals surface area contributed by atoms with Crippen LogP contribution in [0.1, 0.15) is 17.5 Å². The van der Waals surface area contributed by atoms with E-state index < -0.39 is 12.1 Å². The highest BCUT2D eigenvalue weighted by Gasteiger charge is 2.13. The van der Waals surface area contributed by atoms with E-state index >= 15 is 0 Å². The Bertz CT molecular complexity index is 348. The van der Waals surface area contributed by atoms with Crippen LogP contribution < -0.4 is 0 Å². The predicted octanol–water partition coefficient (Wildman–Crippen LogP) is 2.11. The molecule has 0 aliphatic heterocycles. The first-order valence-electron chi connectivity index (χ1n) is 3.56. The summed E-state index contributed by atoms with van der Waals surface area (Å²) in [6.45, 7) is 1.59. The second-order valence-corrected chi connectivity index (χ2v) is 2.69. The monoisotopic (exact) mass is 198 g/mol. The lowest BCUT2D eigenvalue weighted by Crippen LogP contribution is -2.12. The van der Waals surface area contributed by atoms with Crippen molar-refractivity contribution >= 4 is 17.6 Å². The van der Waals surface area contributed by atoms with Gasteiger partial charge in [-0.05, 0) is 30.7 Å². The van der Waals surface area contributed by atoms with Crippen LogP contribution >= 0.6 is 11.6 Å². The van der Waals surface area contributed by atoms with Crippen molar-refractivity contribution in [3.63, 3.8) is 0 Å². The number of terminal acetylenes is 1. The largest absolute Gasteiger partial charge is 0.444 e. The van der Waals surface area contributed by atoms with Gasteiger partial charge in [0, 0.05) is 0 Å². The first-order valence-corrected chi connectivity index (χ1v) is 3.93. The van der Waals surface area contributed by atoms with Gasteiger partial charge in [-0.15, -0.1) is 6.42 Å². The van der Waals surface area contributed by atoms with Crippen molar-refractivity contribution in [2.45, 2.75) is 13.0 Å². The van der Waals surface area contributed by atoms with E-state index in [0.29, 0.717) is 0 Å². The van der Waals surface area contributed by atoms with E-state index in [-0.39, 0.29) is 11.0 Å². The molecule has 3 nitrogen and oxygen atoms in total. The first-order chi connectivity index (χ1) is 6.13. The SMILES string of the molecule is C#CC(C)OC(=O)c1ccc(Cl)o1. The molecule has 0 N–H and O–H groups in total. The maximum absolute atomic E-state index is 11.2. The molecule has 13 heavy (non-hydrogen) atoms. The van der Waals surface area contributed by atoms with Gasteiger partial charge in [0.05, 0.1) is 0 Å². The summed E-state index contributed by atoms with van der Waals surface area (Å²) in [5.41, 5.74) is 0. The third kappa shape index (κ3) is 2.53. The second-order valence-electron chi connectivity index (χ2n) is 2.32. The summed E-state index contributed by atoms with van der Waals surface area (Å²) in [4.78, 5) is 11.2. The van der Waals surface area contributed by atoms with E-state index in [1.54, 1.807) is 6.92 Å². The van der Waals surface area contributed by atoms with E-state index in [9.17, 15) is 4.79 Å². The summed E-state index contributed by atoms with van der Waals surface area (Å²) in [5, 5.41) is 0.139. The number of carbonyl (C=O) groups excluding carboxylic acids is 1. The molecule has 0 spiro atoms. The van der Waals surface area contributed by atoms with Crippen molar-refractivity contribution in [1.29, 1.82) is 0 Å². The fraction of sp³-hybridized carbons (Fsp3) is 0.222. The maximum atomic E-state index is 11.2. The number of rotatable bonds is 2. The van der Waals surface area contributed by atoms with Gasteiger partial charge in [0.1, 0.15) is 0 Å². The van der Waals surface area contributed by atoms with Crippen LogP contribution in [0.3, 0.4) is 0 Å². The van der Waals surface area contributed by atoms with Gasteiger partial charge in [-0.25, -0.2) is 4.79 Å². The Kier molecular flexibility index (Phi) is 2.99. The molecular weight excluding hydrogens is 192 g/mol. The molecule has 1 aromatic heterocycles. The fourth-order valence-electron chi connectivity index (χ4n) is 0.677. The topological polar surface area (TPSA) is 39.4 Å². The van der Waals surface area contributed by atoms with Crippen molar-refractivity contribution in [3.05, 3.63) is 23.1 Å². The minimum absolute atomic E-state index is 0.0482. The molecule has 4 heteroatoms. The molecule has 0 radical (unpaired) electrons. The van der Waals surface area contributed by atoms with E-state index in [1.807, 2.05) is 0 Å². The molecule has 1 unspecified atom stereocenters. The summed E-state index contributed by atoms with van der Waals surface area (Å²) < 4.78 is 9.58. The summed E-state index contributed by atoms with van der Waals surface area (Å²) in [6.07, 6.45) is 4.45. The normalized spacial score (nSPS) is 11.8. The average Bonchev–Trinajstić information content (AvgIpc) is 2.51. The highest BCUT2D eigenvalue weighted by molar-refractivity contribution is 6.29. The number of hydrogen-bond donors (Lipinski definition) is 0. The average molecular weight is 199 g/mol. The van der Waals surface area contributed by atoms with Gasteiger partial charge < -0.3 is 9.15 Å². The Morgan fingerprint density at radius 1 is 1.77 bits per heavy atom. The van der Waals surface area contributed by atoms with E-state index in [0.717, 1.165) is 0 Å². The number of carbonyl (C=O) groups is 1. The predicted molar refractivity (Wildman–Crippen MR) is 47.4 cm³/mol. The molecule has 1 atom stereocenters. The third-order valence-corrected chi connectivity index (χ3v) is 1.50. The van der Waals surface area contributed by atoms with Crippen LogP contribution in [0.4, 0.5) is 0 Å². The molecule has 0 aliphatic carbocycles. The molecule has 0 saturated carbocycles. The number of esters is 1. The molecule has 1 aromatic rings. The molecule has 0 aliphatic rings. The zero-order chi connectivity index (χ0) is 9.84. The number of hydrogen-bond acceptors (Lipinski definition) is 3. The summed E-state index contributed by atoms with van der Waals surface area (Å²) in [5.74, 6) is 1.69. The van der Waals surface area contributed by atoms with E-state index in [2.05, 4.69) is 5.92 Å². The number of furan rings is 1. The van der Waals surface area contributed by atoms with Crippen LogP contribution in [0.15, 0.2) is 16.5 Å². The highest BCUT2D eigenvalue weighted by atomic mass is 35.5. The van der Waals surface area contributed by atoms with Gasteiger partial charge in [0.25, 0.3) is 0 Å². The summed E-state index contributed by atoms with van der Waals surface area (Å²) in [7, 11) is 0. The lowest BCUT2D eigenvalue weighted by molar-refractivity contribution is 0.0402. The van der Waals surface area contributed by atoms with Gasteiger partial charge in [0.2, 0.25) is 5.76 Å². The van der Waals surface area contributed by atoms with E-state index in [4.69, 9.17) is 27.2 Å². The molecular formula is C9H7ClO3. The number of halogens is 1. The van der Waals surface area contributed by atoms with Crippen molar-refractivity contribution < 1.29 is 13.9 Å². The molecule has 68 valence electrons. The molecule has 1 heterocycles. The van der Waals surface area contributed by atoms with Crippen molar-refractivity contribution in [2.75, 3.05) is 0 Å². The van der Waals surface area contributed by atoms with Crippen molar-refractivity contribution in [2.24, 2.45) is 0 Å². The first kappa shape index (κ1) is 9.69. The molecule has 0 amide bonds.